The average molecular weight is 526 g/mol. The molecule has 0 aliphatic rings. The molecule has 4 aromatic rings. The molecular formula is C25H20FN3O7S. The first-order valence-corrected chi connectivity index (χ1v) is 11.5. The number of rotatable bonds is 8. The number of esters is 1. The van der Waals surface area contributed by atoms with Crippen molar-refractivity contribution in [3.8, 4) is 11.5 Å². The fourth-order valence-corrected chi connectivity index (χ4v) is 4.45. The number of carbonyl (C=O) groups excluding carboxylic acids is 2. The Labute approximate surface area is 213 Å². The van der Waals surface area contributed by atoms with Crippen molar-refractivity contribution >= 4 is 51.5 Å². The molecule has 0 fully saturated rings. The Kier molecular flexibility index (Phi) is 7.49. The van der Waals surface area contributed by atoms with Crippen LogP contribution in [0.2, 0.25) is 0 Å². The quantitative estimate of drug-likeness (QED) is 0.269. The molecular weight excluding hydrogens is 505 g/mol. The van der Waals surface area contributed by atoms with Gasteiger partial charge >= 0.3 is 18.0 Å². The van der Waals surface area contributed by atoms with Crippen molar-refractivity contribution in [1.82, 2.24) is 4.98 Å². The van der Waals surface area contributed by atoms with E-state index in [-0.39, 0.29) is 34.4 Å². The van der Waals surface area contributed by atoms with E-state index in [9.17, 15) is 23.9 Å². The molecule has 0 atom stereocenters. The summed E-state index contributed by atoms with van der Waals surface area (Å²) in [5, 5.41) is 17.3. The molecule has 0 aliphatic heterocycles. The fraction of sp³-hybridized carbons (Fsp3) is 0.120. The van der Waals surface area contributed by atoms with Crippen LogP contribution in [0.5, 0.6) is 11.5 Å². The minimum atomic E-state index is -1.44. The lowest BCUT2D eigenvalue weighted by atomic mass is 10.1. The zero-order valence-corrected chi connectivity index (χ0v) is 20.3. The SMILES string of the molecule is COC(=O)c1scc(NC(=O)Nc2cc(OCc3cccc4ccncc34)c(OC)cc2F)c1C(=O)O. The number of carbonyl (C=O) groups is 3. The van der Waals surface area contributed by atoms with Gasteiger partial charge in [0.05, 0.1) is 25.6 Å². The number of thiophene rings is 1. The zero-order chi connectivity index (χ0) is 26.5. The largest absolute Gasteiger partial charge is 0.493 e. The van der Waals surface area contributed by atoms with Gasteiger partial charge in [-0.3, -0.25) is 4.98 Å². The smallest absolute Gasteiger partial charge is 0.349 e. The van der Waals surface area contributed by atoms with Gasteiger partial charge in [0.25, 0.3) is 0 Å². The Balaban J connectivity index is 1.54. The summed E-state index contributed by atoms with van der Waals surface area (Å²) in [5.41, 5.74) is 0.0126. The molecule has 190 valence electrons. The third-order valence-electron chi connectivity index (χ3n) is 5.28. The first-order chi connectivity index (χ1) is 17.8. The van der Waals surface area contributed by atoms with Crippen LogP contribution >= 0.6 is 11.3 Å². The highest BCUT2D eigenvalue weighted by molar-refractivity contribution is 7.13. The molecule has 0 bridgehead atoms. The summed E-state index contributed by atoms with van der Waals surface area (Å²) < 4.78 is 30.4. The van der Waals surface area contributed by atoms with E-state index in [1.807, 2.05) is 24.3 Å². The maximum Gasteiger partial charge on any atom is 0.349 e. The average Bonchev–Trinajstić information content (AvgIpc) is 3.31. The third kappa shape index (κ3) is 5.43. The molecule has 12 heteroatoms. The van der Waals surface area contributed by atoms with Gasteiger partial charge in [0, 0.05) is 35.3 Å². The second-order valence-corrected chi connectivity index (χ2v) is 8.39. The molecule has 2 heterocycles. The van der Waals surface area contributed by atoms with E-state index in [4.69, 9.17) is 9.47 Å². The van der Waals surface area contributed by atoms with Crippen LogP contribution in [-0.4, -0.2) is 42.3 Å². The van der Waals surface area contributed by atoms with E-state index in [1.165, 1.54) is 18.6 Å². The number of aromatic nitrogens is 1. The second kappa shape index (κ2) is 10.9. The van der Waals surface area contributed by atoms with Crippen LogP contribution in [0.3, 0.4) is 0 Å². The maximum absolute atomic E-state index is 14.7. The van der Waals surface area contributed by atoms with Crippen molar-refractivity contribution in [3.63, 3.8) is 0 Å². The van der Waals surface area contributed by atoms with Gasteiger partial charge in [-0.1, -0.05) is 18.2 Å². The third-order valence-corrected chi connectivity index (χ3v) is 6.24. The normalized spacial score (nSPS) is 10.6. The summed E-state index contributed by atoms with van der Waals surface area (Å²) in [6.45, 7) is 0.115. The molecule has 2 amide bonds. The first kappa shape index (κ1) is 25.4. The van der Waals surface area contributed by atoms with E-state index < -0.39 is 29.4 Å². The van der Waals surface area contributed by atoms with Crippen LogP contribution in [0, 0.1) is 5.82 Å². The Morgan fingerprint density at radius 2 is 1.86 bits per heavy atom. The Hall–Kier alpha value is -4.71. The number of aromatic carboxylic acids is 1. The molecule has 0 radical (unpaired) electrons. The number of halogens is 1. The predicted molar refractivity (Wildman–Crippen MR) is 134 cm³/mol. The standard InChI is InChI=1S/C25H20FN3O7S/c1-34-19-8-16(26)17(9-20(19)36-11-14-5-3-4-13-6-7-27-10-15(13)14)28-25(33)29-18-12-37-22(24(32)35-2)21(18)23(30)31/h3-10,12H,11H2,1-2H3,(H,30,31)(H2,28,29,33). The van der Waals surface area contributed by atoms with E-state index in [0.29, 0.717) is 0 Å². The Morgan fingerprint density at radius 1 is 1.08 bits per heavy atom. The molecule has 3 N–H and O–H groups in total. The zero-order valence-electron chi connectivity index (χ0n) is 19.5. The molecule has 0 spiro atoms. The van der Waals surface area contributed by atoms with E-state index >= 15 is 0 Å². The van der Waals surface area contributed by atoms with E-state index in [1.54, 1.807) is 12.4 Å². The fourth-order valence-electron chi connectivity index (χ4n) is 3.54. The number of carboxylic acids is 1. The predicted octanol–water partition coefficient (Wildman–Crippen LogP) is 5.15. The number of nitrogens with zero attached hydrogens (tertiary/aromatic N) is 1. The molecule has 0 aliphatic carbocycles. The van der Waals surface area contributed by atoms with Crippen molar-refractivity contribution in [2.45, 2.75) is 6.61 Å². The van der Waals surface area contributed by atoms with Crippen molar-refractivity contribution in [2.24, 2.45) is 0 Å². The van der Waals surface area contributed by atoms with Gasteiger partial charge in [-0.2, -0.15) is 0 Å². The maximum atomic E-state index is 14.7. The summed E-state index contributed by atoms with van der Waals surface area (Å²) in [6, 6.07) is 8.93. The van der Waals surface area contributed by atoms with Crippen LogP contribution in [-0.2, 0) is 11.3 Å². The number of ether oxygens (including phenoxy) is 3. The van der Waals surface area contributed by atoms with Gasteiger partial charge in [0.2, 0.25) is 0 Å². The molecule has 10 nitrogen and oxygen atoms in total. The molecule has 0 saturated heterocycles. The summed E-state index contributed by atoms with van der Waals surface area (Å²) >= 11 is 0.788. The van der Waals surface area contributed by atoms with Crippen LogP contribution in [0.25, 0.3) is 10.8 Å². The van der Waals surface area contributed by atoms with Crippen LogP contribution < -0.4 is 20.1 Å². The highest BCUT2D eigenvalue weighted by atomic mass is 32.1. The number of hydrogen-bond donors (Lipinski definition) is 3. The Morgan fingerprint density at radius 3 is 2.59 bits per heavy atom. The van der Waals surface area contributed by atoms with Crippen molar-refractivity contribution in [1.29, 1.82) is 0 Å². The van der Waals surface area contributed by atoms with Crippen molar-refractivity contribution in [2.75, 3.05) is 24.9 Å². The number of nitrogens with one attached hydrogen (secondary N) is 2. The molecule has 2 aromatic heterocycles. The number of amides is 2. The van der Waals surface area contributed by atoms with E-state index in [0.717, 1.165) is 40.8 Å². The topological polar surface area (TPSA) is 136 Å². The minimum Gasteiger partial charge on any atom is -0.493 e. The number of anilines is 2. The van der Waals surface area contributed by atoms with Crippen LogP contribution in [0.4, 0.5) is 20.6 Å². The Bertz CT molecular complexity index is 1500. The van der Waals surface area contributed by atoms with Gasteiger partial charge in [0.15, 0.2) is 17.3 Å². The van der Waals surface area contributed by atoms with Gasteiger partial charge < -0.3 is 30.0 Å². The van der Waals surface area contributed by atoms with Crippen molar-refractivity contribution in [3.05, 3.63) is 76.0 Å². The first-order valence-electron chi connectivity index (χ1n) is 10.7. The number of urea groups is 1. The summed E-state index contributed by atoms with van der Waals surface area (Å²) in [5.74, 6) is -2.84. The van der Waals surface area contributed by atoms with Crippen LogP contribution in [0.1, 0.15) is 25.6 Å². The monoisotopic (exact) mass is 525 g/mol. The van der Waals surface area contributed by atoms with Crippen LogP contribution in [0.15, 0.2) is 54.2 Å². The lowest BCUT2D eigenvalue weighted by molar-refractivity contribution is 0.0589. The van der Waals surface area contributed by atoms with Gasteiger partial charge in [-0.15, -0.1) is 11.3 Å². The number of carboxylic acid groups (broad SMARTS) is 1. The number of methoxy groups -OCH3 is 2. The summed E-state index contributed by atoms with van der Waals surface area (Å²) in [7, 11) is 2.46. The second-order valence-electron chi connectivity index (χ2n) is 7.51. The molecule has 0 saturated carbocycles. The number of pyridine rings is 1. The molecule has 2 aromatic carbocycles. The lowest BCUT2D eigenvalue weighted by Crippen LogP contribution is -2.21. The molecule has 4 rings (SSSR count). The highest BCUT2D eigenvalue weighted by Crippen LogP contribution is 2.34. The summed E-state index contributed by atoms with van der Waals surface area (Å²) in [4.78, 5) is 40.0. The number of hydrogen-bond acceptors (Lipinski definition) is 8. The van der Waals surface area contributed by atoms with E-state index in [2.05, 4.69) is 20.4 Å². The number of benzene rings is 2. The minimum absolute atomic E-state index is 0.107. The van der Waals surface area contributed by atoms with Gasteiger partial charge in [-0.05, 0) is 17.0 Å². The van der Waals surface area contributed by atoms with Gasteiger partial charge in [-0.25, -0.2) is 18.8 Å². The summed E-state index contributed by atoms with van der Waals surface area (Å²) in [6.07, 6.45) is 3.40. The van der Waals surface area contributed by atoms with Gasteiger partial charge in [0.1, 0.15) is 17.0 Å². The van der Waals surface area contributed by atoms with Crippen molar-refractivity contribution < 1.29 is 38.1 Å². The molecule has 37 heavy (non-hydrogen) atoms. The molecule has 0 unspecified atom stereocenters. The number of fused-ring (bicyclic) bond motifs is 1. The lowest BCUT2D eigenvalue weighted by Gasteiger charge is -2.15. The highest BCUT2D eigenvalue weighted by Gasteiger charge is 2.25.